The third-order valence-electron chi connectivity index (χ3n) is 3.98. The van der Waals surface area contributed by atoms with E-state index in [4.69, 9.17) is 4.42 Å². The van der Waals surface area contributed by atoms with Gasteiger partial charge in [0, 0.05) is 10.9 Å². The van der Waals surface area contributed by atoms with Crippen LogP contribution in [0, 0.1) is 0 Å². The number of rotatable bonds is 4. The van der Waals surface area contributed by atoms with Crippen LogP contribution in [0.25, 0.3) is 22.1 Å². The van der Waals surface area contributed by atoms with Crippen molar-refractivity contribution in [1.29, 1.82) is 0 Å². The lowest BCUT2D eigenvalue weighted by Crippen LogP contribution is -2.39. The summed E-state index contributed by atoms with van der Waals surface area (Å²) in [6.45, 7) is 1.53. The number of methoxy groups -OCH3 is 1. The summed E-state index contributed by atoms with van der Waals surface area (Å²) in [5.41, 5.74) is 1.26. The summed E-state index contributed by atoms with van der Waals surface area (Å²) in [6, 6.07) is 14.7. The Bertz CT molecular complexity index is 1040. The first-order valence-electron chi connectivity index (χ1n) is 8.01. The number of nitrogens with one attached hydrogen (secondary N) is 1. The molecule has 0 bridgehead atoms. The molecule has 0 radical (unpaired) electrons. The van der Waals surface area contributed by atoms with Gasteiger partial charge in [-0.1, -0.05) is 30.3 Å². The summed E-state index contributed by atoms with van der Waals surface area (Å²) in [5.74, 6) is -0.973. The molecule has 1 atom stereocenters. The van der Waals surface area contributed by atoms with Crippen LogP contribution >= 0.6 is 0 Å². The third kappa shape index (κ3) is 3.49. The van der Waals surface area contributed by atoms with Crippen LogP contribution in [-0.2, 0) is 9.53 Å². The van der Waals surface area contributed by atoms with Crippen LogP contribution in [0.1, 0.15) is 17.3 Å². The van der Waals surface area contributed by atoms with Crippen molar-refractivity contribution < 1.29 is 18.7 Å². The zero-order valence-corrected chi connectivity index (χ0v) is 14.3. The van der Waals surface area contributed by atoms with Gasteiger partial charge in [0.1, 0.15) is 11.6 Å². The maximum absolute atomic E-state index is 12.3. The zero-order chi connectivity index (χ0) is 18.7. The van der Waals surface area contributed by atoms with Gasteiger partial charge in [-0.15, -0.1) is 0 Å². The predicted octanol–water partition coefficient (Wildman–Crippen LogP) is 2.75. The monoisotopic (exact) mass is 351 g/mol. The minimum atomic E-state index is -0.776. The summed E-state index contributed by atoms with van der Waals surface area (Å²) >= 11 is 0. The first kappa shape index (κ1) is 17.4. The van der Waals surface area contributed by atoms with E-state index in [-0.39, 0.29) is 0 Å². The van der Waals surface area contributed by atoms with Crippen molar-refractivity contribution in [1.82, 2.24) is 5.32 Å². The zero-order valence-electron chi connectivity index (χ0n) is 14.3. The molecule has 0 fully saturated rings. The molecule has 6 nitrogen and oxygen atoms in total. The average molecular weight is 351 g/mol. The van der Waals surface area contributed by atoms with Crippen LogP contribution in [0.3, 0.4) is 0 Å². The Morgan fingerprint density at radius 3 is 2.62 bits per heavy atom. The number of carbonyl (C=O) groups excluding carboxylic acids is 2. The molecule has 2 aromatic carbocycles. The molecule has 0 aliphatic rings. The van der Waals surface area contributed by atoms with Gasteiger partial charge in [0.15, 0.2) is 0 Å². The molecule has 6 heteroatoms. The van der Waals surface area contributed by atoms with Gasteiger partial charge in [0.05, 0.1) is 12.7 Å². The average Bonchev–Trinajstić information content (AvgIpc) is 2.66. The highest BCUT2D eigenvalue weighted by Gasteiger charge is 2.17. The lowest BCUT2D eigenvalue weighted by Gasteiger charge is -2.12. The SMILES string of the molecule is COC(=O)C(C)NC(=O)c1cccc(-c2cc3ccccc3oc2=O)c1. The molecule has 1 N–H and O–H groups in total. The number of hydrogen-bond acceptors (Lipinski definition) is 5. The van der Waals surface area contributed by atoms with Crippen LogP contribution < -0.4 is 10.9 Å². The fraction of sp³-hybridized carbons (Fsp3) is 0.150. The molecule has 1 unspecified atom stereocenters. The molecule has 1 aromatic heterocycles. The largest absolute Gasteiger partial charge is 0.467 e. The predicted molar refractivity (Wildman–Crippen MR) is 96.9 cm³/mol. The van der Waals surface area contributed by atoms with E-state index in [1.165, 1.54) is 14.0 Å². The number of benzene rings is 2. The molecule has 0 saturated heterocycles. The highest BCUT2D eigenvalue weighted by molar-refractivity contribution is 5.97. The van der Waals surface area contributed by atoms with E-state index in [2.05, 4.69) is 10.1 Å². The second kappa shape index (κ2) is 7.23. The van der Waals surface area contributed by atoms with Crippen molar-refractivity contribution in [2.24, 2.45) is 0 Å². The van der Waals surface area contributed by atoms with E-state index < -0.39 is 23.5 Å². The molecule has 132 valence electrons. The van der Waals surface area contributed by atoms with Crippen molar-refractivity contribution >= 4 is 22.8 Å². The van der Waals surface area contributed by atoms with Crippen LogP contribution in [0.5, 0.6) is 0 Å². The number of hydrogen-bond donors (Lipinski definition) is 1. The number of ether oxygens (including phenoxy) is 1. The van der Waals surface area contributed by atoms with E-state index in [1.807, 2.05) is 12.1 Å². The summed E-state index contributed by atoms with van der Waals surface area (Å²) in [4.78, 5) is 36.1. The first-order chi connectivity index (χ1) is 12.5. The van der Waals surface area contributed by atoms with Gasteiger partial charge < -0.3 is 14.5 Å². The van der Waals surface area contributed by atoms with Crippen LogP contribution in [-0.4, -0.2) is 25.0 Å². The standard InChI is InChI=1S/C20H17NO5/c1-12(19(23)25-2)21-18(22)15-8-5-7-13(10-15)16-11-14-6-3-4-9-17(14)26-20(16)24/h3-12H,1-2H3,(H,21,22). The highest BCUT2D eigenvalue weighted by Crippen LogP contribution is 2.22. The first-order valence-corrected chi connectivity index (χ1v) is 8.01. The topological polar surface area (TPSA) is 85.6 Å². The van der Waals surface area contributed by atoms with Crippen LogP contribution in [0.15, 0.2) is 63.8 Å². The van der Waals surface area contributed by atoms with Crippen molar-refractivity contribution in [2.45, 2.75) is 13.0 Å². The third-order valence-corrected chi connectivity index (χ3v) is 3.98. The van der Waals surface area contributed by atoms with E-state index >= 15 is 0 Å². The van der Waals surface area contributed by atoms with Crippen molar-refractivity contribution in [3.05, 3.63) is 70.6 Å². The number of carbonyl (C=O) groups is 2. The van der Waals surface area contributed by atoms with Gasteiger partial charge in [0.2, 0.25) is 0 Å². The summed E-state index contributed by atoms with van der Waals surface area (Å²) < 4.78 is 9.93. The van der Waals surface area contributed by atoms with Gasteiger partial charge in [0.25, 0.3) is 5.91 Å². The molecule has 3 rings (SSSR count). The van der Waals surface area contributed by atoms with Crippen molar-refractivity contribution in [2.75, 3.05) is 7.11 Å². The lowest BCUT2D eigenvalue weighted by molar-refractivity contribution is -0.142. The number of esters is 1. The number of amides is 1. The van der Waals surface area contributed by atoms with E-state index in [0.717, 1.165) is 5.39 Å². The Morgan fingerprint density at radius 1 is 1.08 bits per heavy atom. The van der Waals surface area contributed by atoms with Gasteiger partial charge in [-0.3, -0.25) is 4.79 Å². The number of para-hydroxylation sites is 1. The lowest BCUT2D eigenvalue weighted by atomic mass is 10.0. The minimum absolute atomic E-state index is 0.325. The number of fused-ring (bicyclic) bond motifs is 1. The quantitative estimate of drug-likeness (QED) is 0.577. The smallest absolute Gasteiger partial charge is 0.344 e. The molecule has 26 heavy (non-hydrogen) atoms. The van der Waals surface area contributed by atoms with Crippen LogP contribution in [0.4, 0.5) is 0 Å². The normalized spacial score (nSPS) is 11.8. The highest BCUT2D eigenvalue weighted by atomic mass is 16.5. The minimum Gasteiger partial charge on any atom is -0.467 e. The summed E-state index contributed by atoms with van der Waals surface area (Å²) in [6.07, 6.45) is 0. The van der Waals surface area contributed by atoms with Gasteiger partial charge >= 0.3 is 11.6 Å². The molecule has 0 spiro atoms. The van der Waals surface area contributed by atoms with E-state index in [9.17, 15) is 14.4 Å². The fourth-order valence-electron chi connectivity index (χ4n) is 2.61. The Labute approximate surface area is 149 Å². The second-order valence-corrected chi connectivity index (χ2v) is 5.78. The maximum Gasteiger partial charge on any atom is 0.344 e. The molecule has 0 aliphatic heterocycles. The Balaban J connectivity index is 1.95. The molecule has 1 amide bonds. The van der Waals surface area contributed by atoms with Gasteiger partial charge in [-0.25, -0.2) is 9.59 Å². The molecular formula is C20H17NO5. The molecule has 0 aliphatic carbocycles. The van der Waals surface area contributed by atoms with Crippen molar-refractivity contribution in [3.63, 3.8) is 0 Å². The van der Waals surface area contributed by atoms with Gasteiger partial charge in [-0.2, -0.15) is 0 Å². The Kier molecular flexibility index (Phi) is 4.84. The summed E-state index contributed by atoms with van der Waals surface area (Å²) in [7, 11) is 1.25. The van der Waals surface area contributed by atoms with Gasteiger partial charge in [-0.05, 0) is 36.8 Å². The fourth-order valence-corrected chi connectivity index (χ4v) is 2.61. The molecule has 0 saturated carbocycles. The second-order valence-electron chi connectivity index (χ2n) is 5.78. The Morgan fingerprint density at radius 2 is 1.85 bits per heavy atom. The molecule has 3 aromatic rings. The molecule has 1 heterocycles. The van der Waals surface area contributed by atoms with E-state index in [0.29, 0.717) is 22.3 Å². The molecular weight excluding hydrogens is 334 g/mol. The Hall–Kier alpha value is -3.41. The maximum atomic E-state index is 12.3. The van der Waals surface area contributed by atoms with Crippen molar-refractivity contribution in [3.8, 4) is 11.1 Å². The summed E-state index contributed by atoms with van der Waals surface area (Å²) in [5, 5.41) is 3.34. The van der Waals surface area contributed by atoms with E-state index in [1.54, 1.807) is 42.5 Å². The van der Waals surface area contributed by atoms with Crippen LogP contribution in [0.2, 0.25) is 0 Å².